The predicted molar refractivity (Wildman–Crippen MR) is 91.0 cm³/mol. The minimum atomic E-state index is -0.856. The van der Waals surface area contributed by atoms with Crippen LogP contribution in [-0.4, -0.2) is 53.2 Å². The Hall–Kier alpha value is -2.47. The summed E-state index contributed by atoms with van der Waals surface area (Å²) in [4.78, 5) is 30.8. The summed E-state index contributed by atoms with van der Waals surface area (Å²) < 4.78 is 5.45. The molecule has 6 nitrogen and oxygen atoms in total. The number of likely N-dealkylation sites (tertiary alicyclic amines) is 1. The number of carbonyl (C=O) groups excluding carboxylic acids is 1. The van der Waals surface area contributed by atoms with Crippen LogP contribution in [0.15, 0.2) is 36.5 Å². The molecule has 2 aromatic rings. The minimum absolute atomic E-state index is 0.0480. The number of carboxylic acids is 1. The molecule has 2 aliphatic rings. The molecule has 4 rings (SSSR count). The molecule has 130 valence electrons. The van der Waals surface area contributed by atoms with E-state index in [9.17, 15) is 14.7 Å². The first-order valence-electron chi connectivity index (χ1n) is 8.52. The Kier molecular flexibility index (Phi) is 3.92. The Morgan fingerprint density at radius 3 is 2.96 bits per heavy atom. The average molecular weight is 340 g/mol. The maximum Gasteiger partial charge on any atom is 0.311 e. The Balaban J connectivity index is 1.57. The van der Waals surface area contributed by atoms with Crippen LogP contribution >= 0.6 is 0 Å². The van der Waals surface area contributed by atoms with Crippen LogP contribution in [0, 0.1) is 11.3 Å². The van der Waals surface area contributed by atoms with Gasteiger partial charge in [-0.1, -0.05) is 24.3 Å². The van der Waals surface area contributed by atoms with Crippen molar-refractivity contribution in [2.24, 2.45) is 11.3 Å². The Morgan fingerprint density at radius 1 is 1.32 bits per heavy atom. The van der Waals surface area contributed by atoms with Crippen LogP contribution in [0.4, 0.5) is 0 Å². The van der Waals surface area contributed by atoms with Crippen LogP contribution in [0.25, 0.3) is 10.9 Å². The van der Waals surface area contributed by atoms with Crippen molar-refractivity contribution in [1.29, 1.82) is 0 Å². The van der Waals surface area contributed by atoms with Gasteiger partial charge in [0.25, 0.3) is 0 Å². The number of fused-ring (bicyclic) bond motifs is 2. The van der Waals surface area contributed by atoms with Crippen LogP contribution < -0.4 is 0 Å². The van der Waals surface area contributed by atoms with E-state index in [0.29, 0.717) is 26.2 Å². The summed E-state index contributed by atoms with van der Waals surface area (Å²) in [6.45, 7) is 1.57. The minimum Gasteiger partial charge on any atom is -0.481 e. The van der Waals surface area contributed by atoms with Gasteiger partial charge in [-0.2, -0.15) is 0 Å². The topological polar surface area (TPSA) is 79.7 Å². The smallest absolute Gasteiger partial charge is 0.311 e. The van der Waals surface area contributed by atoms with Crippen molar-refractivity contribution in [3.8, 4) is 0 Å². The number of aliphatic carboxylic acids is 1. The van der Waals surface area contributed by atoms with Crippen LogP contribution in [-0.2, 0) is 20.7 Å². The van der Waals surface area contributed by atoms with Gasteiger partial charge in [-0.05, 0) is 18.1 Å². The number of para-hydroxylation sites is 1. The molecule has 0 radical (unpaired) electrons. The van der Waals surface area contributed by atoms with Gasteiger partial charge < -0.3 is 14.7 Å². The van der Waals surface area contributed by atoms with Gasteiger partial charge in [-0.15, -0.1) is 0 Å². The lowest BCUT2D eigenvalue weighted by Gasteiger charge is -2.33. The van der Waals surface area contributed by atoms with E-state index in [1.807, 2.05) is 30.3 Å². The third-order valence-electron chi connectivity index (χ3n) is 5.54. The van der Waals surface area contributed by atoms with Crippen LogP contribution in [0.3, 0.4) is 0 Å². The Bertz CT molecular complexity index is 832. The summed E-state index contributed by atoms with van der Waals surface area (Å²) in [6.07, 6.45) is 2.42. The van der Waals surface area contributed by atoms with E-state index < -0.39 is 11.4 Å². The highest BCUT2D eigenvalue weighted by Gasteiger charge is 2.54. The van der Waals surface area contributed by atoms with Gasteiger partial charge in [-0.25, -0.2) is 0 Å². The first-order valence-corrected chi connectivity index (χ1v) is 8.52. The molecule has 1 aromatic heterocycles. The molecule has 2 aliphatic heterocycles. The molecule has 0 saturated carbocycles. The number of benzene rings is 1. The number of amides is 1. The van der Waals surface area contributed by atoms with Crippen molar-refractivity contribution in [2.75, 3.05) is 26.3 Å². The monoisotopic (exact) mass is 340 g/mol. The molecule has 0 unspecified atom stereocenters. The van der Waals surface area contributed by atoms with Gasteiger partial charge >= 0.3 is 5.97 Å². The third-order valence-corrected chi connectivity index (χ3v) is 5.54. The lowest BCUT2D eigenvalue weighted by Crippen LogP contribution is -2.45. The zero-order valence-electron chi connectivity index (χ0n) is 13.9. The van der Waals surface area contributed by atoms with E-state index in [4.69, 9.17) is 4.74 Å². The van der Waals surface area contributed by atoms with Gasteiger partial charge in [-0.3, -0.25) is 14.6 Å². The standard InChI is InChI=1S/C19H20N2O4/c22-16(9-14-4-1-3-13-5-2-7-20-17(13)14)21-10-15-11-25-8-6-19(15,12-21)18(23)24/h1-5,7,15H,6,8-12H2,(H,23,24)/t15-,19+/m0/s1. The van der Waals surface area contributed by atoms with Crippen molar-refractivity contribution in [3.63, 3.8) is 0 Å². The summed E-state index contributed by atoms with van der Waals surface area (Å²) in [5.41, 5.74) is 0.843. The van der Waals surface area contributed by atoms with E-state index in [0.717, 1.165) is 16.5 Å². The Morgan fingerprint density at radius 2 is 2.16 bits per heavy atom. The molecule has 0 aliphatic carbocycles. The molecule has 0 spiro atoms. The second-order valence-electron chi connectivity index (χ2n) is 6.93. The lowest BCUT2D eigenvalue weighted by molar-refractivity contribution is -0.157. The first kappa shape index (κ1) is 16.0. The number of aromatic nitrogens is 1. The molecular weight excluding hydrogens is 320 g/mol. The molecule has 1 aromatic carbocycles. The normalized spacial score (nSPS) is 25.8. The zero-order chi connectivity index (χ0) is 17.4. The molecule has 3 heterocycles. The predicted octanol–water partition coefficient (Wildman–Crippen LogP) is 1.73. The highest BCUT2D eigenvalue weighted by Crippen LogP contribution is 2.42. The fourth-order valence-electron chi connectivity index (χ4n) is 4.07. The van der Waals surface area contributed by atoms with Crippen molar-refractivity contribution in [1.82, 2.24) is 9.88 Å². The second kappa shape index (κ2) is 6.11. The number of rotatable bonds is 3. The third kappa shape index (κ3) is 2.66. The fourth-order valence-corrected chi connectivity index (χ4v) is 4.07. The average Bonchev–Trinajstić information content (AvgIpc) is 3.03. The van der Waals surface area contributed by atoms with Gasteiger partial charge in [0.2, 0.25) is 5.91 Å². The number of hydrogen-bond acceptors (Lipinski definition) is 4. The number of ether oxygens (including phenoxy) is 1. The maximum absolute atomic E-state index is 12.8. The van der Waals surface area contributed by atoms with Crippen LogP contribution in [0.5, 0.6) is 0 Å². The van der Waals surface area contributed by atoms with Gasteiger partial charge in [0.1, 0.15) is 0 Å². The number of nitrogens with zero attached hydrogens (tertiary/aromatic N) is 2. The zero-order valence-corrected chi connectivity index (χ0v) is 13.9. The molecule has 2 atom stereocenters. The lowest BCUT2D eigenvalue weighted by atomic mass is 9.74. The molecule has 6 heteroatoms. The molecular formula is C19H20N2O4. The molecule has 2 saturated heterocycles. The summed E-state index contributed by atoms with van der Waals surface area (Å²) in [6, 6.07) is 9.64. The molecule has 0 bridgehead atoms. The van der Waals surface area contributed by atoms with Crippen molar-refractivity contribution in [2.45, 2.75) is 12.8 Å². The van der Waals surface area contributed by atoms with Gasteiger partial charge in [0.15, 0.2) is 0 Å². The number of pyridine rings is 1. The van der Waals surface area contributed by atoms with E-state index in [1.54, 1.807) is 11.1 Å². The van der Waals surface area contributed by atoms with E-state index in [2.05, 4.69) is 4.98 Å². The van der Waals surface area contributed by atoms with Gasteiger partial charge in [0.05, 0.1) is 24.0 Å². The van der Waals surface area contributed by atoms with Crippen molar-refractivity contribution in [3.05, 3.63) is 42.1 Å². The summed E-state index contributed by atoms with van der Waals surface area (Å²) in [5, 5.41) is 10.7. The van der Waals surface area contributed by atoms with E-state index in [1.165, 1.54) is 0 Å². The van der Waals surface area contributed by atoms with Crippen molar-refractivity contribution >= 4 is 22.8 Å². The quantitative estimate of drug-likeness (QED) is 0.920. The Labute approximate surface area is 145 Å². The van der Waals surface area contributed by atoms with E-state index in [-0.39, 0.29) is 24.8 Å². The number of carboxylic acid groups (broad SMARTS) is 1. The van der Waals surface area contributed by atoms with Gasteiger partial charge in [0, 0.05) is 37.2 Å². The maximum atomic E-state index is 12.8. The fraction of sp³-hybridized carbons (Fsp3) is 0.421. The summed E-state index contributed by atoms with van der Waals surface area (Å²) in [5.74, 6) is -0.996. The van der Waals surface area contributed by atoms with Crippen LogP contribution in [0.2, 0.25) is 0 Å². The highest BCUT2D eigenvalue weighted by molar-refractivity contribution is 5.88. The van der Waals surface area contributed by atoms with Crippen LogP contribution in [0.1, 0.15) is 12.0 Å². The molecule has 1 N–H and O–H groups in total. The van der Waals surface area contributed by atoms with E-state index >= 15 is 0 Å². The molecule has 1 amide bonds. The molecule has 2 fully saturated rings. The van der Waals surface area contributed by atoms with Crippen molar-refractivity contribution < 1.29 is 19.4 Å². The summed E-state index contributed by atoms with van der Waals surface area (Å²) in [7, 11) is 0. The largest absolute Gasteiger partial charge is 0.481 e. The number of carbonyl (C=O) groups is 2. The SMILES string of the molecule is O=C(Cc1cccc2cccnc12)N1C[C@H]2COCC[C@@]2(C(=O)O)C1. The molecule has 25 heavy (non-hydrogen) atoms. The highest BCUT2D eigenvalue weighted by atomic mass is 16.5. The number of hydrogen-bond donors (Lipinski definition) is 1. The summed E-state index contributed by atoms with van der Waals surface area (Å²) >= 11 is 0. The second-order valence-corrected chi connectivity index (χ2v) is 6.93. The first-order chi connectivity index (χ1) is 12.1.